The highest BCUT2D eigenvalue weighted by Crippen LogP contribution is 2.26. The van der Waals surface area contributed by atoms with Crippen LogP contribution in [0.1, 0.15) is 31.1 Å². The highest BCUT2D eigenvalue weighted by molar-refractivity contribution is 6.00. The van der Waals surface area contributed by atoms with Gasteiger partial charge in [-0.2, -0.15) is 0 Å². The number of anilines is 1. The lowest BCUT2D eigenvalue weighted by Crippen LogP contribution is -2.51. The van der Waals surface area contributed by atoms with Gasteiger partial charge in [-0.15, -0.1) is 0 Å². The summed E-state index contributed by atoms with van der Waals surface area (Å²) >= 11 is 0. The highest BCUT2D eigenvalue weighted by Gasteiger charge is 2.29. The van der Waals surface area contributed by atoms with Crippen LogP contribution >= 0.6 is 0 Å². The van der Waals surface area contributed by atoms with Gasteiger partial charge >= 0.3 is 6.09 Å². The fourth-order valence-electron chi connectivity index (χ4n) is 2.79. The minimum atomic E-state index is -0.576. The third-order valence-corrected chi connectivity index (χ3v) is 4.12. The molecule has 1 fully saturated rings. The van der Waals surface area contributed by atoms with Gasteiger partial charge in [-0.1, -0.05) is 0 Å². The first kappa shape index (κ1) is 20.5. The number of non-ortho nitro benzene ring substituents is 1. The second-order valence-electron chi connectivity index (χ2n) is 7.61. The second kappa shape index (κ2) is 7.81. The Morgan fingerprint density at radius 1 is 1.11 bits per heavy atom. The van der Waals surface area contributed by atoms with Gasteiger partial charge in [-0.25, -0.2) is 4.79 Å². The van der Waals surface area contributed by atoms with Crippen LogP contribution in [0.4, 0.5) is 16.2 Å². The van der Waals surface area contributed by atoms with E-state index in [2.05, 4.69) is 0 Å². The molecule has 9 nitrogen and oxygen atoms in total. The Kier molecular flexibility index (Phi) is 5.92. The normalized spacial score (nSPS) is 14.7. The molecular formula is C18H26N4O5. The molecule has 0 aliphatic carbocycles. The molecule has 2 amide bonds. The molecule has 0 saturated carbocycles. The number of carbonyl (C=O) groups excluding carboxylic acids is 2. The smallest absolute Gasteiger partial charge is 0.410 e. The van der Waals surface area contributed by atoms with E-state index in [9.17, 15) is 19.7 Å². The van der Waals surface area contributed by atoms with Gasteiger partial charge < -0.3 is 19.4 Å². The van der Waals surface area contributed by atoms with Crippen molar-refractivity contribution in [2.75, 3.05) is 45.2 Å². The summed E-state index contributed by atoms with van der Waals surface area (Å²) in [6, 6.07) is 4.26. The molecule has 0 aromatic heterocycles. The third kappa shape index (κ3) is 5.08. The molecule has 9 heteroatoms. The maximum absolute atomic E-state index is 12.9. The molecule has 27 heavy (non-hydrogen) atoms. The Balaban J connectivity index is 2.13. The van der Waals surface area contributed by atoms with Gasteiger partial charge in [0.1, 0.15) is 5.60 Å². The van der Waals surface area contributed by atoms with Crippen molar-refractivity contribution in [3.8, 4) is 0 Å². The van der Waals surface area contributed by atoms with Crippen molar-refractivity contribution < 1.29 is 19.2 Å². The van der Waals surface area contributed by atoms with E-state index in [1.165, 1.54) is 12.1 Å². The second-order valence-corrected chi connectivity index (χ2v) is 7.61. The molecule has 0 atom stereocenters. The molecule has 1 heterocycles. The fraction of sp³-hybridized carbons (Fsp3) is 0.556. The van der Waals surface area contributed by atoms with Crippen LogP contribution in [0.3, 0.4) is 0 Å². The fourth-order valence-corrected chi connectivity index (χ4v) is 2.79. The molecule has 1 aliphatic heterocycles. The van der Waals surface area contributed by atoms with Crippen molar-refractivity contribution in [3.05, 3.63) is 33.9 Å². The first-order chi connectivity index (χ1) is 12.5. The van der Waals surface area contributed by atoms with E-state index in [-0.39, 0.29) is 17.2 Å². The number of piperazine rings is 1. The van der Waals surface area contributed by atoms with E-state index in [1.54, 1.807) is 55.6 Å². The van der Waals surface area contributed by atoms with Crippen molar-refractivity contribution in [2.45, 2.75) is 26.4 Å². The summed E-state index contributed by atoms with van der Waals surface area (Å²) in [5, 5.41) is 11.1. The summed E-state index contributed by atoms with van der Waals surface area (Å²) in [5.41, 5.74) is 0.185. The molecule has 1 aromatic carbocycles. The lowest BCUT2D eigenvalue weighted by Gasteiger charge is -2.36. The summed E-state index contributed by atoms with van der Waals surface area (Å²) in [7, 11) is 3.55. The zero-order valence-electron chi connectivity index (χ0n) is 16.4. The monoisotopic (exact) mass is 378 g/mol. The molecule has 0 bridgehead atoms. The SMILES string of the molecule is CN(C)c1ccc([N+](=O)[O-])cc1C(=O)N1CCN(C(=O)OC(C)(C)C)CC1. The zero-order chi connectivity index (χ0) is 20.4. The van der Waals surface area contributed by atoms with E-state index in [1.807, 2.05) is 0 Å². The topological polar surface area (TPSA) is 96.2 Å². The molecule has 0 spiro atoms. The van der Waals surface area contributed by atoms with Crippen molar-refractivity contribution in [2.24, 2.45) is 0 Å². The van der Waals surface area contributed by atoms with Gasteiger partial charge in [0.15, 0.2) is 0 Å². The van der Waals surface area contributed by atoms with E-state index in [4.69, 9.17) is 4.74 Å². The molecule has 0 N–H and O–H groups in total. The molecule has 1 aliphatic rings. The van der Waals surface area contributed by atoms with Crippen LogP contribution < -0.4 is 4.90 Å². The standard InChI is InChI=1S/C18H26N4O5/c1-18(2,3)27-17(24)21-10-8-20(9-11-21)16(23)14-12-13(22(25)26)6-7-15(14)19(4)5/h6-7,12H,8-11H2,1-5H3. The van der Waals surface area contributed by atoms with Crippen LogP contribution in [0, 0.1) is 10.1 Å². The average molecular weight is 378 g/mol. The Hall–Kier alpha value is -2.84. The lowest BCUT2D eigenvalue weighted by atomic mass is 10.1. The van der Waals surface area contributed by atoms with Gasteiger partial charge in [-0.3, -0.25) is 14.9 Å². The van der Waals surface area contributed by atoms with E-state index < -0.39 is 16.6 Å². The van der Waals surface area contributed by atoms with Gasteiger partial charge in [0.25, 0.3) is 11.6 Å². The number of benzene rings is 1. The number of nitro groups is 1. The minimum Gasteiger partial charge on any atom is -0.444 e. The maximum atomic E-state index is 12.9. The molecular weight excluding hydrogens is 352 g/mol. The Morgan fingerprint density at radius 2 is 1.67 bits per heavy atom. The summed E-state index contributed by atoms with van der Waals surface area (Å²) < 4.78 is 5.35. The minimum absolute atomic E-state index is 0.128. The molecule has 148 valence electrons. The number of nitrogens with zero attached hydrogens (tertiary/aromatic N) is 4. The van der Waals surface area contributed by atoms with Crippen molar-refractivity contribution >= 4 is 23.4 Å². The van der Waals surface area contributed by atoms with Gasteiger partial charge in [0, 0.05) is 58.1 Å². The van der Waals surface area contributed by atoms with Crippen LogP contribution in [0.15, 0.2) is 18.2 Å². The Labute approximate surface area is 158 Å². The predicted octanol–water partition coefficient (Wildman–Crippen LogP) is 2.35. The lowest BCUT2D eigenvalue weighted by molar-refractivity contribution is -0.384. The largest absolute Gasteiger partial charge is 0.444 e. The van der Waals surface area contributed by atoms with E-state index in [0.717, 1.165) is 0 Å². The number of hydrogen-bond acceptors (Lipinski definition) is 6. The summed E-state index contributed by atoms with van der Waals surface area (Å²) in [4.78, 5) is 40.6. The third-order valence-electron chi connectivity index (χ3n) is 4.12. The zero-order valence-corrected chi connectivity index (χ0v) is 16.4. The Morgan fingerprint density at radius 3 is 2.15 bits per heavy atom. The average Bonchev–Trinajstić information content (AvgIpc) is 2.59. The highest BCUT2D eigenvalue weighted by atomic mass is 16.6. The van der Waals surface area contributed by atoms with Gasteiger partial charge in [0.2, 0.25) is 0 Å². The van der Waals surface area contributed by atoms with Crippen LogP contribution in [0.25, 0.3) is 0 Å². The number of ether oxygens (including phenoxy) is 1. The number of hydrogen-bond donors (Lipinski definition) is 0. The molecule has 0 radical (unpaired) electrons. The summed E-state index contributed by atoms with van der Waals surface area (Å²) in [6.07, 6.45) is -0.404. The van der Waals surface area contributed by atoms with Crippen LogP contribution in [-0.4, -0.2) is 72.6 Å². The maximum Gasteiger partial charge on any atom is 0.410 e. The molecule has 1 saturated heterocycles. The molecule has 2 rings (SSSR count). The van der Waals surface area contributed by atoms with Crippen molar-refractivity contribution in [1.29, 1.82) is 0 Å². The number of carbonyl (C=O) groups is 2. The van der Waals surface area contributed by atoms with Gasteiger partial charge in [0.05, 0.1) is 10.5 Å². The molecule has 0 unspecified atom stereocenters. The van der Waals surface area contributed by atoms with E-state index >= 15 is 0 Å². The Bertz CT molecular complexity index is 734. The predicted molar refractivity (Wildman–Crippen MR) is 101 cm³/mol. The van der Waals surface area contributed by atoms with Crippen molar-refractivity contribution in [3.63, 3.8) is 0 Å². The first-order valence-electron chi connectivity index (χ1n) is 8.72. The number of amides is 2. The van der Waals surface area contributed by atoms with Crippen molar-refractivity contribution in [1.82, 2.24) is 9.80 Å². The van der Waals surface area contributed by atoms with Crippen LogP contribution in [-0.2, 0) is 4.74 Å². The van der Waals surface area contributed by atoms with Gasteiger partial charge in [-0.05, 0) is 26.8 Å². The quantitative estimate of drug-likeness (QED) is 0.592. The summed E-state index contributed by atoms with van der Waals surface area (Å²) in [5.74, 6) is -0.286. The van der Waals surface area contributed by atoms with E-state index in [0.29, 0.717) is 31.9 Å². The number of nitro benzene ring substituents is 1. The first-order valence-corrected chi connectivity index (χ1v) is 8.72. The summed E-state index contributed by atoms with van der Waals surface area (Å²) in [6.45, 7) is 6.79. The number of rotatable bonds is 3. The van der Waals surface area contributed by atoms with Crippen LogP contribution in [0.2, 0.25) is 0 Å². The molecule has 1 aromatic rings. The van der Waals surface area contributed by atoms with Crippen LogP contribution in [0.5, 0.6) is 0 Å².